The molecule has 1 N–H and O–H groups in total. The first-order valence-electron chi connectivity index (χ1n) is 7.58. The van der Waals surface area contributed by atoms with Gasteiger partial charge in [0, 0.05) is 29.0 Å². The molecule has 6 heteroatoms. The molecule has 2 aromatic carbocycles. The van der Waals surface area contributed by atoms with E-state index in [9.17, 15) is 4.79 Å². The molecule has 25 heavy (non-hydrogen) atoms. The Morgan fingerprint density at radius 3 is 2.24 bits per heavy atom. The van der Waals surface area contributed by atoms with Crippen molar-refractivity contribution >= 4 is 23.2 Å². The van der Waals surface area contributed by atoms with Crippen LogP contribution in [0.3, 0.4) is 0 Å². The summed E-state index contributed by atoms with van der Waals surface area (Å²) in [6, 6.07) is 14.1. The maximum absolute atomic E-state index is 12.7. The number of nitrogens with zero attached hydrogens (tertiary/aromatic N) is 1. The molecule has 5 nitrogen and oxygen atoms in total. The number of anilines is 1. The predicted molar refractivity (Wildman–Crippen MR) is 98.3 cm³/mol. The predicted octanol–water partition coefficient (Wildman–Crippen LogP) is 4.40. The summed E-state index contributed by atoms with van der Waals surface area (Å²) >= 11 is 6.11. The number of halogens is 1. The average molecular weight is 357 g/mol. The Hall–Kier alpha value is -2.92. The van der Waals surface area contributed by atoms with E-state index >= 15 is 0 Å². The number of nitrogens with one attached hydrogen (secondary N) is 1. The van der Waals surface area contributed by atoms with Crippen molar-refractivity contribution in [1.82, 2.24) is 4.57 Å². The SMILES string of the molecule is COc1cc(OC)cc(C(=O)Nc2ccc(Cl)cc2-n2cccc2)c1. The summed E-state index contributed by atoms with van der Waals surface area (Å²) < 4.78 is 12.3. The van der Waals surface area contributed by atoms with Crippen LogP contribution in [0.1, 0.15) is 10.4 Å². The molecular weight excluding hydrogens is 340 g/mol. The molecule has 0 fully saturated rings. The number of benzene rings is 2. The highest BCUT2D eigenvalue weighted by atomic mass is 35.5. The van der Waals surface area contributed by atoms with Crippen molar-refractivity contribution < 1.29 is 14.3 Å². The standard InChI is InChI=1S/C19H17ClN2O3/c1-24-15-9-13(10-16(12-15)25-2)19(23)21-17-6-5-14(20)11-18(17)22-7-3-4-8-22/h3-12H,1-2H3,(H,21,23). The van der Waals surface area contributed by atoms with Gasteiger partial charge in [-0.05, 0) is 42.5 Å². The minimum atomic E-state index is -0.270. The lowest BCUT2D eigenvalue weighted by atomic mass is 10.1. The van der Waals surface area contributed by atoms with Gasteiger partial charge in [-0.2, -0.15) is 0 Å². The van der Waals surface area contributed by atoms with E-state index < -0.39 is 0 Å². The Balaban J connectivity index is 1.94. The third kappa shape index (κ3) is 3.78. The summed E-state index contributed by atoms with van der Waals surface area (Å²) in [6.45, 7) is 0. The lowest BCUT2D eigenvalue weighted by Gasteiger charge is -2.13. The zero-order valence-corrected chi connectivity index (χ0v) is 14.6. The quantitative estimate of drug-likeness (QED) is 0.737. The summed E-state index contributed by atoms with van der Waals surface area (Å²) in [6.07, 6.45) is 3.77. The summed E-state index contributed by atoms with van der Waals surface area (Å²) in [5.74, 6) is 0.824. The molecule has 1 aromatic heterocycles. The van der Waals surface area contributed by atoms with Gasteiger partial charge in [0.05, 0.1) is 25.6 Å². The highest BCUT2D eigenvalue weighted by molar-refractivity contribution is 6.31. The first kappa shape index (κ1) is 16.9. The van der Waals surface area contributed by atoms with Crippen molar-refractivity contribution in [1.29, 1.82) is 0 Å². The van der Waals surface area contributed by atoms with E-state index in [2.05, 4.69) is 5.32 Å². The molecule has 3 aromatic rings. The number of carbonyl (C=O) groups is 1. The van der Waals surface area contributed by atoms with E-state index in [1.165, 1.54) is 0 Å². The van der Waals surface area contributed by atoms with Crippen molar-refractivity contribution in [3.63, 3.8) is 0 Å². The summed E-state index contributed by atoms with van der Waals surface area (Å²) in [4.78, 5) is 12.7. The first-order chi connectivity index (χ1) is 12.1. The molecule has 128 valence electrons. The average Bonchev–Trinajstić information content (AvgIpc) is 3.17. The topological polar surface area (TPSA) is 52.5 Å². The highest BCUT2D eigenvalue weighted by Crippen LogP contribution is 2.27. The van der Waals surface area contributed by atoms with Crippen LogP contribution in [0.25, 0.3) is 5.69 Å². The maximum Gasteiger partial charge on any atom is 0.255 e. The van der Waals surface area contributed by atoms with E-state index in [1.807, 2.05) is 29.1 Å². The highest BCUT2D eigenvalue weighted by Gasteiger charge is 2.13. The number of aromatic nitrogens is 1. The number of amides is 1. The van der Waals surface area contributed by atoms with Gasteiger partial charge < -0.3 is 19.4 Å². The van der Waals surface area contributed by atoms with Crippen LogP contribution in [-0.4, -0.2) is 24.7 Å². The fraction of sp³-hybridized carbons (Fsp3) is 0.105. The molecule has 0 bridgehead atoms. The van der Waals surface area contributed by atoms with E-state index in [4.69, 9.17) is 21.1 Å². The van der Waals surface area contributed by atoms with Crippen LogP contribution in [-0.2, 0) is 0 Å². The van der Waals surface area contributed by atoms with Gasteiger partial charge in [-0.3, -0.25) is 4.79 Å². The van der Waals surface area contributed by atoms with Crippen molar-refractivity contribution in [2.24, 2.45) is 0 Å². The molecular formula is C19H17ClN2O3. The number of rotatable bonds is 5. The molecule has 0 saturated carbocycles. The van der Waals surface area contributed by atoms with Gasteiger partial charge in [-0.25, -0.2) is 0 Å². The van der Waals surface area contributed by atoms with Crippen LogP contribution in [0.5, 0.6) is 11.5 Å². The van der Waals surface area contributed by atoms with Crippen LogP contribution in [0, 0.1) is 0 Å². The molecule has 0 saturated heterocycles. The van der Waals surface area contributed by atoms with Crippen molar-refractivity contribution in [3.05, 3.63) is 71.5 Å². The number of methoxy groups -OCH3 is 2. The number of hydrogen-bond acceptors (Lipinski definition) is 3. The summed E-state index contributed by atoms with van der Waals surface area (Å²) in [5.41, 5.74) is 1.86. The number of ether oxygens (including phenoxy) is 2. The second-order valence-electron chi connectivity index (χ2n) is 5.31. The van der Waals surface area contributed by atoms with Gasteiger partial charge in [0.1, 0.15) is 11.5 Å². The van der Waals surface area contributed by atoms with Crippen LogP contribution in [0.15, 0.2) is 60.9 Å². The molecule has 0 spiro atoms. The Morgan fingerprint density at radius 2 is 1.64 bits per heavy atom. The zero-order valence-electron chi connectivity index (χ0n) is 13.8. The van der Waals surface area contributed by atoms with E-state index in [-0.39, 0.29) is 5.91 Å². The summed E-state index contributed by atoms with van der Waals surface area (Å²) in [7, 11) is 3.08. The minimum absolute atomic E-state index is 0.270. The molecule has 0 aliphatic rings. The lowest BCUT2D eigenvalue weighted by Crippen LogP contribution is -2.14. The Bertz CT molecular complexity index is 869. The molecule has 0 atom stereocenters. The van der Waals surface area contributed by atoms with Gasteiger partial charge in [0.25, 0.3) is 5.91 Å². The zero-order chi connectivity index (χ0) is 17.8. The van der Waals surface area contributed by atoms with Crippen LogP contribution < -0.4 is 14.8 Å². The largest absolute Gasteiger partial charge is 0.497 e. The van der Waals surface area contributed by atoms with Crippen LogP contribution in [0.2, 0.25) is 5.02 Å². The van der Waals surface area contributed by atoms with Gasteiger partial charge >= 0.3 is 0 Å². The number of hydrogen-bond donors (Lipinski definition) is 1. The normalized spacial score (nSPS) is 10.4. The molecule has 0 aliphatic carbocycles. The summed E-state index contributed by atoms with van der Waals surface area (Å²) in [5, 5.41) is 3.50. The van der Waals surface area contributed by atoms with Crippen molar-refractivity contribution in [3.8, 4) is 17.2 Å². The molecule has 0 unspecified atom stereocenters. The second kappa shape index (κ2) is 7.32. The maximum atomic E-state index is 12.7. The van der Waals surface area contributed by atoms with E-state index in [0.29, 0.717) is 27.8 Å². The van der Waals surface area contributed by atoms with Crippen molar-refractivity contribution in [2.75, 3.05) is 19.5 Å². The lowest BCUT2D eigenvalue weighted by molar-refractivity contribution is 0.102. The Kier molecular flexibility index (Phi) is 4.95. The van der Waals surface area contributed by atoms with E-state index in [0.717, 1.165) is 5.69 Å². The first-order valence-corrected chi connectivity index (χ1v) is 7.96. The molecule has 0 aliphatic heterocycles. The van der Waals surface area contributed by atoms with Gasteiger partial charge in [0.15, 0.2) is 0 Å². The van der Waals surface area contributed by atoms with Gasteiger partial charge in [-0.1, -0.05) is 11.6 Å². The minimum Gasteiger partial charge on any atom is -0.497 e. The molecule has 3 rings (SSSR count). The third-order valence-corrected chi connectivity index (χ3v) is 3.94. The molecule has 1 amide bonds. The van der Waals surface area contributed by atoms with Crippen LogP contribution in [0.4, 0.5) is 5.69 Å². The van der Waals surface area contributed by atoms with E-state index in [1.54, 1.807) is 50.6 Å². The van der Waals surface area contributed by atoms with Crippen molar-refractivity contribution in [2.45, 2.75) is 0 Å². The third-order valence-electron chi connectivity index (χ3n) is 3.70. The van der Waals surface area contributed by atoms with Crippen LogP contribution >= 0.6 is 11.6 Å². The Labute approximate surface area is 150 Å². The Morgan fingerprint density at radius 1 is 1.00 bits per heavy atom. The fourth-order valence-electron chi connectivity index (χ4n) is 2.45. The monoisotopic (exact) mass is 356 g/mol. The second-order valence-corrected chi connectivity index (χ2v) is 5.74. The fourth-order valence-corrected chi connectivity index (χ4v) is 2.62. The number of carbonyl (C=O) groups excluding carboxylic acids is 1. The molecule has 0 radical (unpaired) electrons. The van der Waals surface area contributed by atoms with Gasteiger partial charge in [-0.15, -0.1) is 0 Å². The molecule has 1 heterocycles. The van der Waals surface area contributed by atoms with Gasteiger partial charge in [0.2, 0.25) is 0 Å². The smallest absolute Gasteiger partial charge is 0.255 e.